The van der Waals surface area contributed by atoms with Gasteiger partial charge in [-0.15, -0.1) is 0 Å². The Hall–Kier alpha value is -2.30. The van der Waals surface area contributed by atoms with Crippen LogP contribution in [0.15, 0.2) is 35.7 Å². The van der Waals surface area contributed by atoms with Gasteiger partial charge in [-0.2, -0.15) is 0 Å². The van der Waals surface area contributed by atoms with Crippen LogP contribution < -0.4 is 0 Å². The Morgan fingerprint density at radius 1 is 0.909 bits per heavy atom. The molecule has 5 aliphatic carbocycles. The van der Waals surface area contributed by atoms with Gasteiger partial charge in [0.15, 0.2) is 5.78 Å². The van der Waals surface area contributed by atoms with E-state index in [0.29, 0.717) is 31.1 Å². The molecule has 240 valence electrons. The summed E-state index contributed by atoms with van der Waals surface area (Å²) in [4.78, 5) is 44.4. The summed E-state index contributed by atoms with van der Waals surface area (Å²) in [6, 6.07) is 4.00. The van der Waals surface area contributed by atoms with Crippen LogP contribution in [0.3, 0.4) is 0 Å². The van der Waals surface area contributed by atoms with E-state index in [1.165, 1.54) is 5.57 Å². The third-order valence-electron chi connectivity index (χ3n) is 14.6. The molecule has 8 atom stereocenters. The highest BCUT2D eigenvalue weighted by Crippen LogP contribution is 2.76. The minimum Gasteiger partial charge on any atom is -0.462 e. The van der Waals surface area contributed by atoms with Crippen molar-refractivity contribution in [3.8, 4) is 0 Å². The molecule has 5 heteroatoms. The second-order valence-electron chi connectivity index (χ2n) is 17.0. The van der Waals surface area contributed by atoms with Crippen LogP contribution in [0.2, 0.25) is 0 Å². The van der Waals surface area contributed by atoms with Gasteiger partial charge in [0.25, 0.3) is 0 Å². The van der Waals surface area contributed by atoms with E-state index in [9.17, 15) is 14.4 Å². The first kappa shape index (κ1) is 31.7. The van der Waals surface area contributed by atoms with Crippen LogP contribution >= 0.6 is 0 Å². The molecule has 1 aromatic rings. The van der Waals surface area contributed by atoms with Gasteiger partial charge >= 0.3 is 5.97 Å². The monoisotopic (exact) mass is 601 g/mol. The fourth-order valence-electron chi connectivity index (χ4n) is 12.4. The van der Waals surface area contributed by atoms with Crippen molar-refractivity contribution < 1.29 is 19.1 Å². The van der Waals surface area contributed by atoms with E-state index >= 15 is 0 Å². The van der Waals surface area contributed by atoms with Crippen LogP contribution in [-0.4, -0.2) is 28.6 Å². The number of hydrogen-bond acceptors (Lipinski definition) is 5. The molecule has 1 heterocycles. The molecule has 6 rings (SSSR count). The van der Waals surface area contributed by atoms with Crippen LogP contribution in [0.5, 0.6) is 0 Å². The van der Waals surface area contributed by atoms with Crippen LogP contribution in [0.1, 0.15) is 125 Å². The van der Waals surface area contributed by atoms with E-state index in [1.54, 1.807) is 19.3 Å². The highest BCUT2D eigenvalue weighted by Gasteiger charge is 2.70. The largest absolute Gasteiger partial charge is 0.462 e. The number of pyridine rings is 1. The number of esters is 1. The Morgan fingerprint density at radius 3 is 2.27 bits per heavy atom. The molecule has 0 aliphatic heterocycles. The third-order valence-corrected chi connectivity index (χ3v) is 14.6. The van der Waals surface area contributed by atoms with Crippen molar-refractivity contribution in [2.24, 2.45) is 50.7 Å². The van der Waals surface area contributed by atoms with Crippen molar-refractivity contribution in [3.05, 3.63) is 41.2 Å². The lowest BCUT2D eigenvalue weighted by molar-refractivity contribution is -0.232. The van der Waals surface area contributed by atoms with Crippen molar-refractivity contribution in [3.63, 3.8) is 0 Å². The van der Waals surface area contributed by atoms with Gasteiger partial charge in [0.2, 0.25) is 0 Å². The minimum absolute atomic E-state index is 0.0222. The molecule has 5 nitrogen and oxygen atoms in total. The standard InChI is InChI=1S/C39H55NO4/c1-24(2)33-28(42)23-39(31(43)12-9-26-15-21-40-22-16-26)20-19-37(7)27(34(33)39)10-11-30-36(6)17-14-32(44-25(3)41)35(4,5)29(36)13-18-38(30,37)8/h15-16,21-22,24,27,29-30,32H,9-14,17-20,23H2,1-8H3/t27-,29+,30-,32+,36+,37-,38-,39+/m1/s1. The van der Waals surface area contributed by atoms with E-state index in [0.717, 1.165) is 62.5 Å². The number of carbonyl (C=O) groups excluding carboxylic acids is 3. The molecule has 0 amide bonds. The SMILES string of the molecule is CC(=O)O[C@H]1CC[C@]2(C)[C@H]3CC[C@@H]4C5=C(C(C)C)C(=O)C[C@]5(C(=O)CCc5ccncc5)CC[C@@]4(C)[C@]3(C)CC[C@H]2C1(C)C. The molecule has 0 spiro atoms. The summed E-state index contributed by atoms with van der Waals surface area (Å²) in [7, 11) is 0. The number of allylic oxidation sites excluding steroid dienone is 2. The zero-order valence-corrected chi connectivity index (χ0v) is 28.6. The second-order valence-corrected chi connectivity index (χ2v) is 17.0. The van der Waals surface area contributed by atoms with E-state index in [1.807, 2.05) is 12.1 Å². The Morgan fingerprint density at radius 2 is 1.61 bits per heavy atom. The highest BCUT2D eigenvalue weighted by molar-refractivity contribution is 6.07. The van der Waals surface area contributed by atoms with E-state index in [2.05, 4.69) is 53.5 Å². The van der Waals surface area contributed by atoms with Crippen molar-refractivity contribution in [1.82, 2.24) is 4.98 Å². The molecule has 0 bridgehead atoms. The summed E-state index contributed by atoms with van der Waals surface area (Å²) in [5.74, 6) is 1.82. The van der Waals surface area contributed by atoms with Crippen LogP contribution in [0.4, 0.5) is 0 Å². The molecule has 4 fully saturated rings. The molecule has 44 heavy (non-hydrogen) atoms. The Balaban J connectivity index is 1.36. The summed E-state index contributed by atoms with van der Waals surface area (Å²) >= 11 is 0. The first-order valence-electron chi connectivity index (χ1n) is 17.5. The van der Waals surface area contributed by atoms with Crippen molar-refractivity contribution in [2.45, 2.75) is 132 Å². The molecular weight excluding hydrogens is 546 g/mol. The fraction of sp³-hybridized carbons (Fsp3) is 0.744. The molecular formula is C39H55NO4. The van der Waals surface area contributed by atoms with Gasteiger partial charge in [0, 0.05) is 37.6 Å². The lowest BCUT2D eigenvalue weighted by atomic mass is 9.33. The molecule has 0 saturated heterocycles. The number of carbonyl (C=O) groups is 3. The van der Waals surface area contributed by atoms with Gasteiger partial charge in [0.1, 0.15) is 11.9 Å². The van der Waals surface area contributed by atoms with Gasteiger partial charge in [-0.25, -0.2) is 0 Å². The second kappa shape index (κ2) is 10.6. The zero-order valence-electron chi connectivity index (χ0n) is 28.6. The normalized spacial score (nSPS) is 41.0. The number of aromatic nitrogens is 1. The maximum Gasteiger partial charge on any atom is 0.302 e. The number of ether oxygens (including phenoxy) is 1. The Labute approximate surface area is 265 Å². The lowest BCUT2D eigenvalue weighted by Crippen LogP contribution is -2.66. The molecule has 1 aromatic heterocycles. The maximum atomic E-state index is 14.4. The molecule has 0 N–H and O–H groups in total. The van der Waals surface area contributed by atoms with Crippen molar-refractivity contribution in [1.29, 1.82) is 0 Å². The Bertz CT molecular complexity index is 1380. The van der Waals surface area contributed by atoms with Crippen LogP contribution in [0.25, 0.3) is 0 Å². The number of rotatable bonds is 6. The van der Waals surface area contributed by atoms with E-state index < -0.39 is 5.41 Å². The van der Waals surface area contributed by atoms with Gasteiger partial charge in [-0.3, -0.25) is 19.4 Å². The molecule has 4 saturated carbocycles. The Kier molecular flexibility index (Phi) is 7.65. The van der Waals surface area contributed by atoms with Crippen molar-refractivity contribution in [2.75, 3.05) is 0 Å². The average Bonchev–Trinajstić information content (AvgIpc) is 3.27. The van der Waals surface area contributed by atoms with Gasteiger partial charge < -0.3 is 4.74 Å². The first-order valence-corrected chi connectivity index (χ1v) is 17.5. The number of fused-ring (bicyclic) bond motifs is 7. The minimum atomic E-state index is -0.623. The number of nitrogens with zero attached hydrogens (tertiary/aromatic N) is 1. The summed E-state index contributed by atoms with van der Waals surface area (Å²) in [6.07, 6.45) is 13.5. The molecule has 0 radical (unpaired) electrons. The zero-order chi connectivity index (χ0) is 31.9. The third kappa shape index (κ3) is 4.37. The smallest absolute Gasteiger partial charge is 0.302 e. The fourth-order valence-corrected chi connectivity index (χ4v) is 12.4. The number of hydrogen-bond donors (Lipinski definition) is 0. The van der Waals surface area contributed by atoms with Gasteiger partial charge in [0.05, 0.1) is 5.41 Å². The topological polar surface area (TPSA) is 73.3 Å². The molecule has 5 aliphatic rings. The maximum absolute atomic E-state index is 14.4. The predicted octanol–water partition coefficient (Wildman–Crippen LogP) is 8.50. The quantitative estimate of drug-likeness (QED) is 0.306. The summed E-state index contributed by atoms with van der Waals surface area (Å²) < 4.78 is 5.93. The summed E-state index contributed by atoms with van der Waals surface area (Å²) in [6.45, 7) is 18.2. The predicted molar refractivity (Wildman–Crippen MR) is 173 cm³/mol. The van der Waals surface area contributed by atoms with E-state index in [-0.39, 0.29) is 57.1 Å². The highest BCUT2D eigenvalue weighted by atomic mass is 16.5. The van der Waals surface area contributed by atoms with E-state index in [4.69, 9.17) is 4.74 Å². The molecule has 0 aromatic carbocycles. The van der Waals surface area contributed by atoms with Crippen LogP contribution in [0, 0.1) is 50.7 Å². The summed E-state index contributed by atoms with van der Waals surface area (Å²) in [5.41, 5.74) is 3.04. The number of aryl methyl sites for hydroxylation is 1. The number of Topliss-reactive ketones (excluding diaryl/α,β-unsaturated/α-hetero) is 2. The first-order chi connectivity index (χ1) is 20.6. The van der Waals surface area contributed by atoms with Crippen LogP contribution in [-0.2, 0) is 25.5 Å². The molecule has 0 unspecified atom stereocenters. The van der Waals surface area contributed by atoms with Gasteiger partial charge in [-0.05, 0) is 127 Å². The lowest BCUT2D eigenvalue weighted by Gasteiger charge is -2.72. The summed E-state index contributed by atoms with van der Waals surface area (Å²) in [5, 5.41) is 0. The van der Waals surface area contributed by atoms with Crippen molar-refractivity contribution >= 4 is 17.5 Å². The number of ketones is 2. The average molecular weight is 602 g/mol. The van der Waals surface area contributed by atoms with Gasteiger partial charge in [-0.1, -0.05) is 48.5 Å².